The third-order valence-electron chi connectivity index (χ3n) is 5.57. The van der Waals surface area contributed by atoms with Gasteiger partial charge in [0.15, 0.2) is 0 Å². The Kier molecular flexibility index (Phi) is 3.40. The lowest BCUT2D eigenvalue weighted by Crippen LogP contribution is -2.37. The summed E-state index contributed by atoms with van der Waals surface area (Å²) in [6.07, 6.45) is 1.86. The van der Waals surface area contributed by atoms with E-state index in [-0.39, 0.29) is 17.3 Å². The van der Waals surface area contributed by atoms with Crippen molar-refractivity contribution in [1.29, 1.82) is 0 Å². The van der Waals surface area contributed by atoms with Crippen LogP contribution >= 0.6 is 0 Å². The highest BCUT2D eigenvalue weighted by atomic mass is 16.2. The van der Waals surface area contributed by atoms with Gasteiger partial charge in [0.05, 0.1) is 34.0 Å². The molecule has 1 aliphatic rings. The summed E-state index contributed by atoms with van der Waals surface area (Å²) in [4.78, 5) is 25.5. The molecule has 1 aliphatic heterocycles. The van der Waals surface area contributed by atoms with Crippen molar-refractivity contribution >= 4 is 16.6 Å². The molecule has 0 fully saturated rings. The average Bonchev–Trinajstić information content (AvgIpc) is 3.11. The van der Waals surface area contributed by atoms with E-state index in [9.17, 15) is 9.59 Å². The molecule has 4 aromatic rings. The first kappa shape index (κ1) is 16.6. The SMILES string of the molecule is Cc1cccc([C@H]2Nc3ccccc3-n3cc4c(=O)n(C)c(=O)n(C)c4c32)c1. The number of hydrogen-bond acceptors (Lipinski definition) is 3. The van der Waals surface area contributed by atoms with Crippen molar-refractivity contribution in [2.75, 3.05) is 5.32 Å². The van der Waals surface area contributed by atoms with Gasteiger partial charge >= 0.3 is 5.69 Å². The Hall–Kier alpha value is -3.54. The number of aromatic nitrogens is 3. The molecule has 0 unspecified atom stereocenters. The molecule has 6 nitrogen and oxygen atoms in total. The molecule has 3 heterocycles. The van der Waals surface area contributed by atoms with Gasteiger partial charge in [-0.25, -0.2) is 4.79 Å². The summed E-state index contributed by atoms with van der Waals surface area (Å²) in [5.41, 5.74) is 5.16. The Bertz CT molecular complexity index is 1370. The van der Waals surface area contributed by atoms with Gasteiger partial charge in [0.25, 0.3) is 5.56 Å². The van der Waals surface area contributed by atoms with Crippen molar-refractivity contribution in [3.8, 4) is 5.69 Å². The summed E-state index contributed by atoms with van der Waals surface area (Å²) in [6.45, 7) is 2.06. The molecule has 0 saturated carbocycles. The third kappa shape index (κ3) is 2.14. The number of aryl methyl sites for hydroxylation is 2. The van der Waals surface area contributed by atoms with Crippen molar-refractivity contribution in [2.45, 2.75) is 13.0 Å². The highest BCUT2D eigenvalue weighted by molar-refractivity contribution is 5.86. The average molecular weight is 372 g/mol. The second-order valence-corrected chi connectivity index (χ2v) is 7.36. The van der Waals surface area contributed by atoms with E-state index in [0.717, 1.165) is 32.8 Å². The van der Waals surface area contributed by atoms with Gasteiger partial charge in [0.2, 0.25) is 0 Å². The van der Waals surface area contributed by atoms with Crippen LogP contribution < -0.4 is 16.6 Å². The van der Waals surface area contributed by atoms with Crippen LogP contribution in [0.25, 0.3) is 16.6 Å². The van der Waals surface area contributed by atoms with E-state index in [1.54, 1.807) is 11.6 Å². The summed E-state index contributed by atoms with van der Waals surface area (Å²) < 4.78 is 4.78. The molecule has 140 valence electrons. The first-order valence-electron chi connectivity index (χ1n) is 9.21. The zero-order valence-corrected chi connectivity index (χ0v) is 15.9. The standard InChI is InChI=1S/C22H20N4O2/c1-13-7-6-8-14(11-13)18-20-19-15(21(27)25(3)22(28)24(19)2)12-26(20)17-10-5-4-9-16(17)23-18/h4-12,18,23H,1-3H3/t18-/m1/s1. The Labute approximate surface area is 161 Å². The Morgan fingerprint density at radius 1 is 0.964 bits per heavy atom. The minimum absolute atomic E-state index is 0.176. The summed E-state index contributed by atoms with van der Waals surface area (Å²) in [7, 11) is 3.24. The molecule has 2 aromatic heterocycles. The molecular formula is C22H20N4O2. The van der Waals surface area contributed by atoms with Crippen LogP contribution in [-0.2, 0) is 14.1 Å². The van der Waals surface area contributed by atoms with Crippen molar-refractivity contribution in [2.24, 2.45) is 14.1 Å². The summed E-state index contributed by atoms with van der Waals surface area (Å²) in [5.74, 6) is 0. The van der Waals surface area contributed by atoms with Gasteiger partial charge in [0.1, 0.15) is 0 Å². The Morgan fingerprint density at radius 3 is 2.54 bits per heavy atom. The number of para-hydroxylation sites is 2. The molecule has 0 bridgehead atoms. The number of benzene rings is 2. The molecule has 28 heavy (non-hydrogen) atoms. The predicted molar refractivity (Wildman–Crippen MR) is 110 cm³/mol. The van der Waals surface area contributed by atoms with Crippen LogP contribution in [0, 0.1) is 6.92 Å². The third-order valence-corrected chi connectivity index (χ3v) is 5.57. The minimum atomic E-state index is -0.326. The van der Waals surface area contributed by atoms with Gasteiger partial charge in [-0.05, 0) is 24.6 Å². The Morgan fingerprint density at radius 2 is 1.75 bits per heavy atom. The van der Waals surface area contributed by atoms with Crippen molar-refractivity contribution in [3.63, 3.8) is 0 Å². The predicted octanol–water partition coefficient (Wildman–Crippen LogP) is 2.85. The van der Waals surface area contributed by atoms with Crippen molar-refractivity contribution in [1.82, 2.24) is 13.7 Å². The van der Waals surface area contributed by atoms with Gasteiger partial charge in [-0.2, -0.15) is 0 Å². The molecule has 5 rings (SSSR count). The van der Waals surface area contributed by atoms with Gasteiger partial charge in [-0.1, -0.05) is 42.0 Å². The summed E-state index contributed by atoms with van der Waals surface area (Å²) >= 11 is 0. The number of rotatable bonds is 1. The van der Waals surface area contributed by atoms with E-state index in [4.69, 9.17) is 0 Å². The quantitative estimate of drug-likeness (QED) is 0.559. The highest BCUT2D eigenvalue weighted by Gasteiger charge is 2.30. The second kappa shape index (κ2) is 5.73. The number of anilines is 1. The molecule has 1 atom stereocenters. The molecule has 0 saturated heterocycles. The van der Waals surface area contributed by atoms with Crippen LogP contribution in [0.5, 0.6) is 0 Å². The molecule has 2 aromatic carbocycles. The van der Waals surface area contributed by atoms with Crippen molar-refractivity contribution < 1.29 is 0 Å². The van der Waals surface area contributed by atoms with E-state index in [1.165, 1.54) is 7.05 Å². The lowest BCUT2D eigenvalue weighted by atomic mass is 9.98. The van der Waals surface area contributed by atoms with E-state index in [2.05, 4.69) is 30.4 Å². The first-order valence-corrected chi connectivity index (χ1v) is 9.21. The van der Waals surface area contributed by atoms with Gasteiger partial charge in [-0.3, -0.25) is 13.9 Å². The van der Waals surface area contributed by atoms with E-state index in [1.807, 2.05) is 41.1 Å². The Balaban J connectivity index is 1.95. The van der Waals surface area contributed by atoms with Gasteiger partial charge < -0.3 is 9.88 Å². The molecule has 0 amide bonds. The fraction of sp³-hybridized carbons (Fsp3) is 0.182. The van der Waals surface area contributed by atoms with Crippen LogP contribution in [0.15, 0.2) is 64.3 Å². The summed E-state index contributed by atoms with van der Waals surface area (Å²) in [5, 5.41) is 4.15. The van der Waals surface area contributed by atoms with Crippen LogP contribution in [0.3, 0.4) is 0 Å². The molecule has 6 heteroatoms. The molecule has 0 aliphatic carbocycles. The van der Waals surface area contributed by atoms with Crippen LogP contribution in [0.2, 0.25) is 0 Å². The summed E-state index contributed by atoms with van der Waals surface area (Å²) in [6, 6.07) is 16.1. The first-order chi connectivity index (χ1) is 13.5. The number of fused-ring (bicyclic) bond motifs is 5. The normalized spacial score (nSPS) is 15.2. The fourth-order valence-corrected chi connectivity index (χ4v) is 4.20. The molecule has 1 N–H and O–H groups in total. The van der Waals surface area contributed by atoms with E-state index >= 15 is 0 Å². The zero-order valence-electron chi connectivity index (χ0n) is 15.9. The highest BCUT2D eigenvalue weighted by Crippen LogP contribution is 2.40. The maximum atomic E-state index is 12.8. The van der Waals surface area contributed by atoms with Crippen LogP contribution in [-0.4, -0.2) is 13.7 Å². The number of nitrogens with one attached hydrogen (secondary N) is 1. The maximum absolute atomic E-state index is 12.8. The van der Waals surface area contributed by atoms with Crippen LogP contribution in [0.1, 0.15) is 22.9 Å². The van der Waals surface area contributed by atoms with Gasteiger partial charge in [-0.15, -0.1) is 0 Å². The molecule has 0 radical (unpaired) electrons. The van der Waals surface area contributed by atoms with Gasteiger partial charge in [0, 0.05) is 20.3 Å². The topological polar surface area (TPSA) is 61.0 Å². The molecular weight excluding hydrogens is 352 g/mol. The largest absolute Gasteiger partial charge is 0.371 e. The maximum Gasteiger partial charge on any atom is 0.331 e. The minimum Gasteiger partial charge on any atom is -0.371 e. The van der Waals surface area contributed by atoms with Crippen molar-refractivity contribution in [3.05, 3.63) is 92.4 Å². The van der Waals surface area contributed by atoms with E-state index in [0.29, 0.717) is 10.9 Å². The lowest BCUT2D eigenvalue weighted by molar-refractivity contribution is 0.708. The van der Waals surface area contributed by atoms with E-state index < -0.39 is 0 Å². The second-order valence-electron chi connectivity index (χ2n) is 7.36. The monoisotopic (exact) mass is 372 g/mol. The number of nitrogens with zero attached hydrogens (tertiary/aromatic N) is 3. The lowest BCUT2D eigenvalue weighted by Gasteiger charge is -2.30. The fourth-order valence-electron chi connectivity index (χ4n) is 4.20. The van der Waals surface area contributed by atoms with Crippen LogP contribution in [0.4, 0.5) is 5.69 Å². The zero-order chi connectivity index (χ0) is 19.6. The number of hydrogen-bond donors (Lipinski definition) is 1. The smallest absolute Gasteiger partial charge is 0.331 e. The molecule has 0 spiro atoms.